The molecule has 1 amide bonds. The van der Waals surface area contributed by atoms with Crippen LogP contribution in [0.4, 0.5) is 5.69 Å². The second kappa shape index (κ2) is 9.94. The lowest BCUT2D eigenvalue weighted by Crippen LogP contribution is -2.47. The van der Waals surface area contributed by atoms with Gasteiger partial charge in [0, 0.05) is 42.8 Å². The maximum absolute atomic E-state index is 12.6. The van der Waals surface area contributed by atoms with Gasteiger partial charge < -0.3 is 14.5 Å². The van der Waals surface area contributed by atoms with Gasteiger partial charge in [0.05, 0.1) is 7.11 Å². The number of methoxy groups -OCH3 is 1. The first-order valence-corrected chi connectivity index (χ1v) is 10.4. The summed E-state index contributed by atoms with van der Waals surface area (Å²) >= 11 is 6.02. The molecule has 0 unspecified atom stereocenters. The molecule has 0 atom stereocenters. The van der Waals surface area contributed by atoms with Crippen LogP contribution in [0.3, 0.4) is 0 Å². The Morgan fingerprint density at radius 1 is 1.11 bits per heavy atom. The minimum atomic E-state index is 0.180. The number of amides is 1. The Hall–Kier alpha value is -2.04. The lowest BCUT2D eigenvalue weighted by atomic mass is 10.0. The fraction of sp³-hybridized carbons (Fsp3) is 0.435. The zero-order chi connectivity index (χ0) is 19.9. The fourth-order valence-electron chi connectivity index (χ4n) is 3.81. The van der Waals surface area contributed by atoms with Crippen molar-refractivity contribution in [2.75, 3.05) is 31.6 Å². The highest BCUT2D eigenvalue weighted by Crippen LogP contribution is 2.26. The van der Waals surface area contributed by atoms with Crippen LogP contribution >= 0.6 is 11.6 Å². The summed E-state index contributed by atoms with van der Waals surface area (Å²) in [5.74, 6) is 1.08. The van der Waals surface area contributed by atoms with Gasteiger partial charge in [-0.2, -0.15) is 0 Å². The molecular weight excluding hydrogens is 372 g/mol. The number of anilines is 1. The van der Waals surface area contributed by atoms with E-state index in [2.05, 4.69) is 17.0 Å². The van der Waals surface area contributed by atoms with E-state index in [4.69, 9.17) is 16.3 Å². The van der Waals surface area contributed by atoms with E-state index in [-0.39, 0.29) is 11.9 Å². The van der Waals surface area contributed by atoms with Crippen molar-refractivity contribution in [1.82, 2.24) is 4.90 Å². The molecule has 1 aliphatic rings. The Morgan fingerprint density at radius 3 is 2.32 bits per heavy atom. The first kappa shape index (κ1) is 20.7. The van der Waals surface area contributed by atoms with E-state index in [1.165, 1.54) is 5.56 Å². The fourth-order valence-corrected chi connectivity index (χ4v) is 3.94. The number of hydrogen-bond donors (Lipinski definition) is 0. The highest BCUT2D eigenvalue weighted by atomic mass is 35.5. The topological polar surface area (TPSA) is 32.8 Å². The van der Waals surface area contributed by atoms with E-state index in [9.17, 15) is 4.79 Å². The second-order valence-corrected chi connectivity index (χ2v) is 7.70. The molecule has 150 valence electrons. The lowest BCUT2D eigenvalue weighted by Gasteiger charge is -2.38. The highest BCUT2D eigenvalue weighted by molar-refractivity contribution is 6.30. The van der Waals surface area contributed by atoms with Crippen molar-refractivity contribution >= 4 is 23.2 Å². The van der Waals surface area contributed by atoms with Crippen molar-refractivity contribution in [2.24, 2.45) is 0 Å². The predicted molar refractivity (Wildman–Crippen MR) is 115 cm³/mol. The van der Waals surface area contributed by atoms with Crippen LogP contribution in [0.15, 0.2) is 48.5 Å². The zero-order valence-electron chi connectivity index (χ0n) is 16.7. The Morgan fingerprint density at radius 2 is 1.75 bits per heavy atom. The molecule has 1 heterocycles. The summed E-state index contributed by atoms with van der Waals surface area (Å²) in [6, 6.07) is 16.2. The molecule has 0 spiro atoms. The second-order valence-electron chi connectivity index (χ2n) is 7.26. The maximum Gasteiger partial charge on any atom is 0.226 e. The summed E-state index contributed by atoms with van der Waals surface area (Å²) in [7, 11) is 1.69. The Balaban J connectivity index is 1.56. The van der Waals surface area contributed by atoms with Gasteiger partial charge >= 0.3 is 0 Å². The van der Waals surface area contributed by atoms with E-state index in [1.54, 1.807) is 7.11 Å². The summed E-state index contributed by atoms with van der Waals surface area (Å²) in [6.45, 7) is 5.00. The molecule has 1 aliphatic heterocycles. The van der Waals surface area contributed by atoms with Gasteiger partial charge in [-0.15, -0.1) is 0 Å². The van der Waals surface area contributed by atoms with Crippen molar-refractivity contribution in [2.45, 2.75) is 38.6 Å². The number of likely N-dealkylation sites (tertiary alicyclic amines) is 1. The van der Waals surface area contributed by atoms with Crippen LogP contribution < -0.4 is 9.64 Å². The van der Waals surface area contributed by atoms with E-state index < -0.39 is 0 Å². The van der Waals surface area contributed by atoms with Gasteiger partial charge in [-0.05, 0) is 61.2 Å². The van der Waals surface area contributed by atoms with Gasteiger partial charge in [-0.25, -0.2) is 0 Å². The number of halogens is 1. The van der Waals surface area contributed by atoms with Crippen LogP contribution in [0.1, 0.15) is 31.7 Å². The largest absolute Gasteiger partial charge is 0.497 e. The first-order valence-electron chi connectivity index (χ1n) is 10.0. The Bertz CT molecular complexity index is 753. The van der Waals surface area contributed by atoms with E-state index in [0.717, 1.165) is 50.3 Å². The molecule has 28 heavy (non-hydrogen) atoms. The molecule has 0 saturated carbocycles. The van der Waals surface area contributed by atoms with Crippen LogP contribution in [-0.4, -0.2) is 43.6 Å². The van der Waals surface area contributed by atoms with Crippen LogP contribution in [0, 0.1) is 0 Å². The average Bonchev–Trinajstić information content (AvgIpc) is 2.75. The summed E-state index contributed by atoms with van der Waals surface area (Å²) < 4.78 is 5.22. The Kier molecular flexibility index (Phi) is 7.35. The van der Waals surface area contributed by atoms with E-state index in [0.29, 0.717) is 11.4 Å². The molecule has 0 bridgehead atoms. The van der Waals surface area contributed by atoms with Crippen LogP contribution in [0.2, 0.25) is 5.02 Å². The molecule has 0 N–H and O–H groups in total. The number of piperidine rings is 1. The van der Waals surface area contributed by atoms with Crippen molar-refractivity contribution in [3.63, 3.8) is 0 Å². The molecule has 0 aliphatic carbocycles. The van der Waals surface area contributed by atoms with Crippen LogP contribution in [0.5, 0.6) is 5.75 Å². The molecule has 1 saturated heterocycles. The normalized spacial score (nSPS) is 15.4. The third-order valence-corrected chi connectivity index (χ3v) is 5.73. The third kappa shape index (κ3) is 5.27. The molecule has 2 aromatic rings. The van der Waals surface area contributed by atoms with Gasteiger partial charge in [-0.1, -0.05) is 30.7 Å². The van der Waals surface area contributed by atoms with Crippen LogP contribution in [0.25, 0.3) is 0 Å². The van der Waals surface area contributed by atoms with Gasteiger partial charge in [0.15, 0.2) is 0 Å². The van der Waals surface area contributed by atoms with Gasteiger partial charge in [0.2, 0.25) is 5.91 Å². The number of carbonyl (C=O) groups is 1. The molecule has 2 aromatic carbocycles. The van der Waals surface area contributed by atoms with Crippen molar-refractivity contribution in [1.29, 1.82) is 0 Å². The maximum atomic E-state index is 12.6. The first-order chi connectivity index (χ1) is 13.6. The van der Waals surface area contributed by atoms with E-state index in [1.807, 2.05) is 48.2 Å². The minimum Gasteiger partial charge on any atom is -0.497 e. The number of nitrogens with zero attached hydrogens (tertiary/aromatic N) is 2. The third-order valence-electron chi connectivity index (χ3n) is 5.47. The molecule has 0 radical (unpaired) electrons. The number of carbonyl (C=O) groups excluding carboxylic acids is 1. The lowest BCUT2D eigenvalue weighted by molar-refractivity contribution is -0.119. The molecule has 3 rings (SSSR count). The standard InChI is InChI=1S/C23H29ClN2O2/c1-3-23(27)26(20-8-6-19(24)7-9-20)21-13-16-25(17-14-21)15-12-18-4-10-22(28-2)11-5-18/h4-11,21H,3,12-17H2,1-2H3. The number of rotatable bonds is 7. The summed E-state index contributed by atoms with van der Waals surface area (Å²) in [6.07, 6.45) is 3.54. The molecule has 5 heteroatoms. The van der Waals surface area contributed by atoms with Gasteiger partial charge in [-0.3, -0.25) is 4.79 Å². The highest BCUT2D eigenvalue weighted by Gasteiger charge is 2.28. The summed E-state index contributed by atoms with van der Waals surface area (Å²) in [4.78, 5) is 17.1. The SMILES string of the molecule is CCC(=O)N(c1ccc(Cl)cc1)C1CCN(CCc2ccc(OC)cc2)CC1. The molecule has 1 fully saturated rings. The quantitative estimate of drug-likeness (QED) is 0.669. The smallest absolute Gasteiger partial charge is 0.226 e. The van der Waals surface area contributed by atoms with Gasteiger partial charge in [0.1, 0.15) is 5.75 Å². The molecule has 0 aromatic heterocycles. The van der Waals surface area contributed by atoms with Gasteiger partial charge in [0.25, 0.3) is 0 Å². The van der Waals surface area contributed by atoms with Crippen molar-refractivity contribution in [3.8, 4) is 5.75 Å². The summed E-state index contributed by atoms with van der Waals surface area (Å²) in [5, 5.41) is 0.695. The summed E-state index contributed by atoms with van der Waals surface area (Å²) in [5.41, 5.74) is 2.28. The zero-order valence-corrected chi connectivity index (χ0v) is 17.5. The molecular formula is C23H29ClN2O2. The van der Waals surface area contributed by atoms with E-state index >= 15 is 0 Å². The van der Waals surface area contributed by atoms with Crippen LogP contribution in [-0.2, 0) is 11.2 Å². The predicted octanol–water partition coefficient (Wildman–Crippen LogP) is 4.80. The molecule has 4 nitrogen and oxygen atoms in total. The minimum absolute atomic E-state index is 0.180. The number of ether oxygens (including phenoxy) is 1. The monoisotopic (exact) mass is 400 g/mol. The average molecular weight is 401 g/mol. The van der Waals surface area contributed by atoms with Crippen molar-refractivity contribution < 1.29 is 9.53 Å². The number of benzene rings is 2. The number of hydrogen-bond acceptors (Lipinski definition) is 3. The Labute approximate surface area is 173 Å². The van der Waals surface area contributed by atoms with Crippen molar-refractivity contribution in [3.05, 3.63) is 59.1 Å².